The Kier molecular flexibility index (Phi) is 6.61. The zero-order valence-electron chi connectivity index (χ0n) is 14.2. The molecule has 0 radical (unpaired) electrons. The first-order chi connectivity index (χ1) is 12.2. The van der Waals surface area contributed by atoms with Crippen LogP contribution in [-0.4, -0.2) is 19.7 Å². The molecular weight excluding hydrogens is 318 g/mol. The van der Waals surface area contributed by atoms with Crippen molar-refractivity contribution in [3.63, 3.8) is 0 Å². The van der Waals surface area contributed by atoms with Crippen LogP contribution in [0.4, 0.5) is 0 Å². The van der Waals surface area contributed by atoms with Crippen molar-refractivity contribution in [1.29, 1.82) is 5.26 Å². The predicted octanol–water partition coefficient (Wildman–Crippen LogP) is 3.72. The van der Waals surface area contributed by atoms with E-state index < -0.39 is 5.97 Å². The number of carbonyl (C=O) groups is 1. The standard InChI is InChI=1S/C20H19NO4/c1-3-24-18-10-8-15(12-19(18)23-2)9-11-20(22)25-14-17-6-4-16(13-21)5-7-17/h4-12H,3,14H2,1-2H3/b11-9+. The number of rotatable bonds is 7. The van der Waals surface area contributed by atoms with Crippen LogP contribution >= 0.6 is 0 Å². The Balaban J connectivity index is 1.94. The lowest BCUT2D eigenvalue weighted by atomic mass is 10.1. The first kappa shape index (κ1) is 18.1. The van der Waals surface area contributed by atoms with Gasteiger partial charge in [0, 0.05) is 6.08 Å². The Hall–Kier alpha value is -3.26. The molecule has 0 atom stereocenters. The number of esters is 1. The molecule has 0 aromatic heterocycles. The predicted molar refractivity (Wildman–Crippen MR) is 94.2 cm³/mol. The minimum Gasteiger partial charge on any atom is -0.493 e. The van der Waals surface area contributed by atoms with Crippen molar-refractivity contribution in [2.45, 2.75) is 13.5 Å². The molecule has 2 rings (SSSR count). The number of methoxy groups -OCH3 is 1. The molecule has 2 aromatic carbocycles. The highest BCUT2D eigenvalue weighted by molar-refractivity contribution is 5.87. The van der Waals surface area contributed by atoms with Crippen molar-refractivity contribution in [3.8, 4) is 17.6 Å². The quantitative estimate of drug-likeness (QED) is 0.569. The molecule has 0 N–H and O–H groups in total. The molecule has 0 amide bonds. The monoisotopic (exact) mass is 337 g/mol. The van der Waals surface area contributed by atoms with E-state index in [2.05, 4.69) is 0 Å². The van der Waals surface area contributed by atoms with E-state index in [-0.39, 0.29) is 6.61 Å². The second-order valence-electron chi connectivity index (χ2n) is 5.09. The Bertz CT molecular complexity index is 788. The summed E-state index contributed by atoms with van der Waals surface area (Å²) in [5, 5.41) is 8.75. The molecule has 0 bridgehead atoms. The van der Waals surface area contributed by atoms with Gasteiger partial charge < -0.3 is 14.2 Å². The van der Waals surface area contributed by atoms with Crippen molar-refractivity contribution in [2.75, 3.05) is 13.7 Å². The van der Waals surface area contributed by atoms with Gasteiger partial charge in [-0.15, -0.1) is 0 Å². The van der Waals surface area contributed by atoms with E-state index in [9.17, 15) is 4.79 Å². The van der Waals surface area contributed by atoms with Crippen molar-refractivity contribution >= 4 is 12.0 Å². The number of nitriles is 1. The molecule has 0 saturated heterocycles. The largest absolute Gasteiger partial charge is 0.493 e. The van der Waals surface area contributed by atoms with Gasteiger partial charge in [-0.3, -0.25) is 0 Å². The summed E-state index contributed by atoms with van der Waals surface area (Å²) in [7, 11) is 1.57. The van der Waals surface area contributed by atoms with Gasteiger partial charge in [-0.05, 0) is 48.4 Å². The van der Waals surface area contributed by atoms with Gasteiger partial charge in [-0.1, -0.05) is 18.2 Å². The zero-order valence-corrected chi connectivity index (χ0v) is 14.2. The lowest BCUT2D eigenvalue weighted by molar-refractivity contribution is -0.138. The van der Waals surface area contributed by atoms with Gasteiger partial charge in [0.1, 0.15) is 6.61 Å². The fourth-order valence-electron chi connectivity index (χ4n) is 2.10. The van der Waals surface area contributed by atoms with Crippen molar-refractivity contribution in [3.05, 3.63) is 65.2 Å². The zero-order chi connectivity index (χ0) is 18.1. The third kappa shape index (κ3) is 5.40. The van der Waals surface area contributed by atoms with E-state index in [4.69, 9.17) is 19.5 Å². The maximum atomic E-state index is 11.8. The highest BCUT2D eigenvalue weighted by Crippen LogP contribution is 2.28. The molecule has 0 aliphatic heterocycles. The van der Waals surface area contributed by atoms with E-state index in [1.54, 1.807) is 49.6 Å². The SMILES string of the molecule is CCOc1ccc(/C=C/C(=O)OCc2ccc(C#N)cc2)cc1OC. The number of benzene rings is 2. The van der Waals surface area contributed by atoms with E-state index >= 15 is 0 Å². The highest BCUT2D eigenvalue weighted by atomic mass is 16.5. The summed E-state index contributed by atoms with van der Waals surface area (Å²) in [6.07, 6.45) is 3.01. The average molecular weight is 337 g/mol. The van der Waals surface area contributed by atoms with E-state index in [1.165, 1.54) is 6.08 Å². The number of carbonyl (C=O) groups excluding carboxylic acids is 1. The van der Waals surface area contributed by atoms with Crippen LogP contribution in [0.1, 0.15) is 23.6 Å². The van der Waals surface area contributed by atoms with Crippen LogP contribution < -0.4 is 9.47 Å². The van der Waals surface area contributed by atoms with Gasteiger partial charge in [-0.2, -0.15) is 5.26 Å². The van der Waals surface area contributed by atoms with E-state index in [0.29, 0.717) is 23.7 Å². The Morgan fingerprint density at radius 2 is 1.92 bits per heavy atom. The van der Waals surface area contributed by atoms with Crippen LogP contribution in [0.25, 0.3) is 6.08 Å². The second-order valence-corrected chi connectivity index (χ2v) is 5.09. The number of hydrogen-bond acceptors (Lipinski definition) is 5. The van der Waals surface area contributed by atoms with Gasteiger partial charge in [0.05, 0.1) is 25.3 Å². The molecule has 0 aliphatic rings. The maximum Gasteiger partial charge on any atom is 0.331 e. The van der Waals surface area contributed by atoms with Crippen molar-refractivity contribution in [1.82, 2.24) is 0 Å². The summed E-state index contributed by atoms with van der Waals surface area (Å²) in [6, 6.07) is 14.3. The van der Waals surface area contributed by atoms with Gasteiger partial charge in [0.25, 0.3) is 0 Å². The molecule has 0 spiro atoms. The summed E-state index contributed by atoms with van der Waals surface area (Å²) in [5.41, 5.74) is 2.19. The molecule has 5 nitrogen and oxygen atoms in total. The summed E-state index contributed by atoms with van der Waals surface area (Å²) in [4.78, 5) is 11.8. The fraction of sp³-hybridized carbons (Fsp3) is 0.200. The number of nitrogens with zero attached hydrogens (tertiary/aromatic N) is 1. The van der Waals surface area contributed by atoms with Gasteiger partial charge in [-0.25, -0.2) is 4.79 Å². The molecule has 0 aliphatic carbocycles. The molecule has 0 unspecified atom stereocenters. The van der Waals surface area contributed by atoms with Gasteiger partial charge in [0.2, 0.25) is 0 Å². The van der Waals surface area contributed by atoms with Crippen molar-refractivity contribution in [2.24, 2.45) is 0 Å². The van der Waals surface area contributed by atoms with Gasteiger partial charge >= 0.3 is 5.97 Å². The molecule has 25 heavy (non-hydrogen) atoms. The van der Waals surface area contributed by atoms with Crippen molar-refractivity contribution < 1.29 is 19.0 Å². The minimum absolute atomic E-state index is 0.154. The first-order valence-electron chi connectivity index (χ1n) is 7.81. The van der Waals surface area contributed by atoms with Crippen LogP contribution in [0.3, 0.4) is 0 Å². The fourth-order valence-corrected chi connectivity index (χ4v) is 2.10. The van der Waals surface area contributed by atoms with Crippen LogP contribution in [0.15, 0.2) is 48.5 Å². The molecule has 128 valence electrons. The van der Waals surface area contributed by atoms with Crippen LogP contribution in [0, 0.1) is 11.3 Å². The summed E-state index contributed by atoms with van der Waals surface area (Å²) in [6.45, 7) is 2.60. The maximum absolute atomic E-state index is 11.8. The molecule has 0 fully saturated rings. The molecule has 0 saturated carbocycles. The lowest BCUT2D eigenvalue weighted by Crippen LogP contribution is -2.00. The Morgan fingerprint density at radius 3 is 2.56 bits per heavy atom. The summed E-state index contributed by atoms with van der Waals surface area (Å²) < 4.78 is 15.9. The smallest absolute Gasteiger partial charge is 0.331 e. The molecule has 5 heteroatoms. The van der Waals surface area contributed by atoms with Crippen LogP contribution in [0.2, 0.25) is 0 Å². The lowest BCUT2D eigenvalue weighted by Gasteiger charge is -2.09. The summed E-state index contributed by atoms with van der Waals surface area (Å²) in [5.74, 6) is 0.817. The minimum atomic E-state index is -0.447. The highest BCUT2D eigenvalue weighted by Gasteiger charge is 2.04. The second kappa shape index (κ2) is 9.14. The van der Waals surface area contributed by atoms with Crippen LogP contribution in [-0.2, 0) is 16.1 Å². The summed E-state index contributed by atoms with van der Waals surface area (Å²) >= 11 is 0. The van der Waals surface area contributed by atoms with Gasteiger partial charge in [0.15, 0.2) is 11.5 Å². The van der Waals surface area contributed by atoms with E-state index in [0.717, 1.165) is 11.1 Å². The third-order valence-corrected chi connectivity index (χ3v) is 3.36. The number of hydrogen-bond donors (Lipinski definition) is 0. The third-order valence-electron chi connectivity index (χ3n) is 3.36. The average Bonchev–Trinajstić information content (AvgIpc) is 2.66. The normalized spacial score (nSPS) is 10.3. The molecular formula is C20H19NO4. The Labute approximate surface area is 147 Å². The first-order valence-corrected chi connectivity index (χ1v) is 7.81. The number of ether oxygens (including phenoxy) is 3. The van der Waals surface area contributed by atoms with Crippen LogP contribution in [0.5, 0.6) is 11.5 Å². The molecule has 0 heterocycles. The topological polar surface area (TPSA) is 68.5 Å². The van der Waals surface area contributed by atoms with E-state index in [1.807, 2.05) is 19.1 Å². The Morgan fingerprint density at radius 1 is 1.16 bits per heavy atom. The molecule has 2 aromatic rings.